The molecule has 0 bridgehead atoms. The summed E-state index contributed by atoms with van der Waals surface area (Å²) in [5.41, 5.74) is -2.45. The molecule has 1 N–H and O–H groups in total. The normalized spacial score (nSPS) is 16.0. The molecule has 0 unspecified atom stereocenters. The maximum Gasteiger partial charge on any atom is 0.408 e. The van der Waals surface area contributed by atoms with Crippen molar-refractivity contribution in [2.24, 2.45) is 0 Å². The first-order valence-corrected chi connectivity index (χ1v) is 15.2. The quantitative estimate of drug-likeness (QED) is 0.188. The molecular weight excluding hydrogens is 667 g/mol. The van der Waals surface area contributed by atoms with Gasteiger partial charge in [-0.15, -0.1) is 10.2 Å². The van der Waals surface area contributed by atoms with Crippen molar-refractivity contribution in [3.05, 3.63) is 77.6 Å². The second kappa shape index (κ2) is 13.4. The lowest BCUT2D eigenvalue weighted by atomic mass is 9.96. The molecule has 0 aliphatic carbocycles. The van der Waals surface area contributed by atoms with E-state index < -0.39 is 70.8 Å². The Labute approximate surface area is 283 Å². The minimum Gasteiger partial charge on any atom is -0.444 e. The van der Waals surface area contributed by atoms with Crippen LogP contribution in [0.2, 0.25) is 0 Å². The molecule has 50 heavy (non-hydrogen) atoms. The third kappa shape index (κ3) is 7.82. The molecule has 262 valence electrons. The van der Waals surface area contributed by atoms with Gasteiger partial charge in [-0.2, -0.15) is 14.0 Å². The van der Waals surface area contributed by atoms with Crippen LogP contribution in [-0.4, -0.2) is 45.4 Å². The Hall–Kier alpha value is -5.59. The standard InChI is InChI=1S/C34H31F5N6O5/c1-32(2,3)50-31(47)42-25-14-34(38,39)22-13-23(35)21(27-43-44-29(49-27)33(4,5)17-40)12-26(22)45(28(25)46)16-18-6-8-19(9-7-18)24-11-10-20(15-41-24)48-30(36)37/h6-13,15,25,30H,14,16H2,1-5H3,(H,42,47)/t25-/m1/s1. The number of anilines is 1. The van der Waals surface area contributed by atoms with Gasteiger partial charge in [0.25, 0.3) is 11.8 Å². The Kier molecular flexibility index (Phi) is 9.55. The lowest BCUT2D eigenvalue weighted by Gasteiger charge is -2.27. The number of nitrogens with zero attached hydrogens (tertiary/aromatic N) is 5. The van der Waals surface area contributed by atoms with E-state index in [2.05, 4.69) is 25.2 Å². The first-order valence-electron chi connectivity index (χ1n) is 15.2. The number of alkyl carbamates (subject to hydrolysis) is 1. The molecule has 11 nitrogen and oxygen atoms in total. The predicted molar refractivity (Wildman–Crippen MR) is 167 cm³/mol. The smallest absolute Gasteiger partial charge is 0.408 e. The van der Waals surface area contributed by atoms with Crippen LogP contribution in [0.25, 0.3) is 22.7 Å². The fraction of sp³-hybridized carbons (Fsp3) is 0.353. The topological polar surface area (TPSA) is 143 Å². The minimum absolute atomic E-state index is 0.133. The molecule has 1 atom stereocenters. The summed E-state index contributed by atoms with van der Waals surface area (Å²) in [7, 11) is 0. The van der Waals surface area contributed by atoms with Gasteiger partial charge in [-0.3, -0.25) is 9.78 Å². The Morgan fingerprint density at radius 3 is 2.42 bits per heavy atom. The molecule has 4 aromatic rings. The van der Waals surface area contributed by atoms with Crippen molar-refractivity contribution in [2.45, 2.75) is 77.2 Å². The van der Waals surface area contributed by atoms with Crippen LogP contribution in [0.3, 0.4) is 0 Å². The lowest BCUT2D eigenvalue weighted by molar-refractivity contribution is -0.123. The molecule has 2 amide bonds. The number of nitrogens with one attached hydrogen (secondary N) is 1. The number of carbonyl (C=O) groups excluding carboxylic acids is 2. The van der Waals surface area contributed by atoms with E-state index >= 15 is 13.2 Å². The molecule has 0 saturated heterocycles. The molecule has 2 aromatic heterocycles. The van der Waals surface area contributed by atoms with Gasteiger partial charge in [-0.1, -0.05) is 24.3 Å². The predicted octanol–water partition coefficient (Wildman–Crippen LogP) is 7.26. The van der Waals surface area contributed by atoms with E-state index in [1.165, 1.54) is 26.0 Å². The summed E-state index contributed by atoms with van der Waals surface area (Å²) < 4.78 is 87.7. The summed E-state index contributed by atoms with van der Waals surface area (Å²) >= 11 is 0. The lowest BCUT2D eigenvalue weighted by Crippen LogP contribution is -2.49. The highest BCUT2D eigenvalue weighted by Gasteiger charge is 2.47. The van der Waals surface area contributed by atoms with Crippen molar-refractivity contribution in [3.63, 3.8) is 0 Å². The van der Waals surface area contributed by atoms with Gasteiger partial charge in [0.05, 0.1) is 35.8 Å². The zero-order chi connectivity index (χ0) is 36.6. The minimum atomic E-state index is -3.82. The molecular formula is C34H31F5N6O5. The van der Waals surface area contributed by atoms with E-state index in [9.17, 15) is 23.6 Å². The van der Waals surface area contributed by atoms with E-state index in [0.29, 0.717) is 22.9 Å². The first kappa shape index (κ1) is 35.7. The molecule has 0 fully saturated rings. The summed E-state index contributed by atoms with van der Waals surface area (Å²) in [6.07, 6.45) is -1.18. The van der Waals surface area contributed by atoms with Crippen molar-refractivity contribution in [2.75, 3.05) is 4.90 Å². The van der Waals surface area contributed by atoms with Gasteiger partial charge < -0.3 is 24.1 Å². The number of fused-ring (bicyclic) bond motifs is 1. The van der Waals surface area contributed by atoms with Crippen LogP contribution in [-0.2, 0) is 27.4 Å². The number of aromatic nitrogens is 3. The maximum absolute atomic E-state index is 16.0. The Morgan fingerprint density at radius 2 is 1.82 bits per heavy atom. The summed E-state index contributed by atoms with van der Waals surface area (Å²) in [4.78, 5) is 31.8. The molecule has 0 radical (unpaired) electrons. The van der Waals surface area contributed by atoms with Crippen molar-refractivity contribution in [1.29, 1.82) is 5.26 Å². The van der Waals surface area contributed by atoms with Gasteiger partial charge in [-0.25, -0.2) is 18.0 Å². The Morgan fingerprint density at radius 1 is 1.12 bits per heavy atom. The second-order valence-corrected chi connectivity index (χ2v) is 13.0. The van der Waals surface area contributed by atoms with Crippen LogP contribution < -0.4 is 15.0 Å². The number of hydrogen-bond acceptors (Lipinski definition) is 9. The number of pyridine rings is 1. The molecule has 5 rings (SSSR count). The highest BCUT2D eigenvalue weighted by atomic mass is 19.3. The highest BCUT2D eigenvalue weighted by molar-refractivity contribution is 6.01. The van der Waals surface area contributed by atoms with Gasteiger partial charge >= 0.3 is 12.7 Å². The van der Waals surface area contributed by atoms with Gasteiger partial charge in [0.2, 0.25) is 11.8 Å². The SMILES string of the molecule is CC(C)(C)OC(=O)N[C@@H]1CC(F)(F)c2cc(F)c(-c3nnc(C(C)(C)C#N)o3)cc2N(Cc2ccc(-c3ccc(OC(F)F)cn3)cc2)C1=O. The summed E-state index contributed by atoms with van der Waals surface area (Å²) in [5.74, 6) is -6.60. The Bertz CT molecular complexity index is 1940. The fourth-order valence-corrected chi connectivity index (χ4v) is 5.05. The molecule has 1 aliphatic rings. The molecule has 2 aromatic carbocycles. The fourth-order valence-electron chi connectivity index (χ4n) is 5.05. The third-order valence-electron chi connectivity index (χ3n) is 7.51. The van der Waals surface area contributed by atoms with E-state index in [0.717, 1.165) is 17.2 Å². The summed E-state index contributed by atoms with van der Waals surface area (Å²) in [5, 5.41) is 19.3. The second-order valence-electron chi connectivity index (χ2n) is 13.0. The zero-order valence-corrected chi connectivity index (χ0v) is 27.4. The molecule has 0 spiro atoms. The number of rotatable bonds is 8. The number of alkyl halides is 4. The van der Waals surface area contributed by atoms with Gasteiger partial charge in [0.15, 0.2) is 0 Å². The van der Waals surface area contributed by atoms with Crippen molar-refractivity contribution in [1.82, 2.24) is 20.5 Å². The van der Waals surface area contributed by atoms with Gasteiger partial charge in [-0.05, 0) is 64.4 Å². The van der Waals surface area contributed by atoms with E-state index in [-0.39, 0.29) is 23.9 Å². The average Bonchev–Trinajstić information content (AvgIpc) is 3.51. The third-order valence-corrected chi connectivity index (χ3v) is 7.51. The van der Waals surface area contributed by atoms with Crippen molar-refractivity contribution >= 4 is 17.7 Å². The number of carbonyl (C=O) groups is 2. The molecule has 0 saturated carbocycles. The van der Waals surface area contributed by atoms with Gasteiger partial charge in [0, 0.05) is 17.5 Å². The maximum atomic E-state index is 16.0. The number of halogens is 5. The summed E-state index contributed by atoms with van der Waals surface area (Å²) in [6.45, 7) is 4.35. The number of hydrogen-bond donors (Lipinski definition) is 1. The van der Waals surface area contributed by atoms with E-state index in [4.69, 9.17) is 9.15 Å². The average molecular weight is 699 g/mol. The molecule has 16 heteroatoms. The molecule has 1 aliphatic heterocycles. The van der Waals surface area contributed by atoms with E-state index in [1.807, 2.05) is 6.07 Å². The van der Waals surface area contributed by atoms with Crippen LogP contribution >= 0.6 is 0 Å². The number of nitriles is 1. The Balaban J connectivity index is 1.55. The number of benzene rings is 2. The van der Waals surface area contributed by atoms with Crippen LogP contribution in [0.15, 0.2) is 59.1 Å². The van der Waals surface area contributed by atoms with Crippen molar-refractivity contribution in [3.8, 4) is 34.5 Å². The monoisotopic (exact) mass is 698 g/mol. The van der Waals surface area contributed by atoms with Crippen LogP contribution in [0.5, 0.6) is 5.75 Å². The largest absolute Gasteiger partial charge is 0.444 e. The van der Waals surface area contributed by atoms with Gasteiger partial charge in [0.1, 0.15) is 28.6 Å². The van der Waals surface area contributed by atoms with Crippen LogP contribution in [0.4, 0.5) is 32.4 Å². The number of ether oxygens (including phenoxy) is 2. The van der Waals surface area contributed by atoms with Crippen LogP contribution in [0.1, 0.15) is 58.1 Å². The van der Waals surface area contributed by atoms with Crippen molar-refractivity contribution < 1.29 is 45.4 Å². The molecule has 3 heterocycles. The van der Waals surface area contributed by atoms with E-state index in [1.54, 1.807) is 45.0 Å². The number of amides is 2. The summed E-state index contributed by atoms with van der Waals surface area (Å²) in [6, 6.07) is 11.0. The van der Waals surface area contributed by atoms with Crippen LogP contribution in [0, 0.1) is 17.1 Å². The highest BCUT2D eigenvalue weighted by Crippen LogP contribution is 2.45. The first-order chi connectivity index (χ1) is 23.4. The zero-order valence-electron chi connectivity index (χ0n) is 27.4.